The van der Waals surface area contributed by atoms with Crippen molar-refractivity contribution in [2.45, 2.75) is 25.4 Å². The van der Waals surface area contributed by atoms with Gasteiger partial charge in [0.05, 0.1) is 60.0 Å². The minimum absolute atomic E-state index is 0.223. The molecule has 7 heteroatoms. The van der Waals surface area contributed by atoms with Crippen LogP contribution in [0.2, 0.25) is 0 Å². The third-order valence-corrected chi connectivity index (χ3v) is 6.37. The zero-order valence-corrected chi connectivity index (χ0v) is 22.2. The van der Waals surface area contributed by atoms with Crippen molar-refractivity contribution in [2.24, 2.45) is 0 Å². The molecule has 36 heavy (non-hydrogen) atoms. The highest BCUT2D eigenvalue weighted by Crippen LogP contribution is 2.32. The Morgan fingerprint density at radius 2 is 1.11 bits per heavy atom. The number of fused-ring (bicyclic) bond motifs is 2. The molecule has 0 saturated carbocycles. The second-order valence-electron chi connectivity index (χ2n) is 8.44. The van der Waals surface area contributed by atoms with Crippen LogP contribution in [0.5, 0.6) is 5.75 Å². The molecule has 0 spiro atoms. The van der Waals surface area contributed by atoms with Gasteiger partial charge in [0.15, 0.2) is 0 Å². The van der Waals surface area contributed by atoms with E-state index in [4.69, 9.17) is 28.4 Å². The van der Waals surface area contributed by atoms with Gasteiger partial charge < -0.3 is 28.4 Å². The van der Waals surface area contributed by atoms with Crippen LogP contribution >= 0.6 is 15.9 Å². The maximum Gasteiger partial charge on any atom is 0.129 e. The van der Waals surface area contributed by atoms with Crippen LogP contribution in [0.15, 0.2) is 77.3 Å². The third-order valence-electron chi connectivity index (χ3n) is 5.92. The van der Waals surface area contributed by atoms with Gasteiger partial charge in [-0.3, -0.25) is 0 Å². The lowest BCUT2D eigenvalue weighted by molar-refractivity contribution is -0.0559. The average molecular weight is 557 g/mol. The van der Waals surface area contributed by atoms with Crippen LogP contribution in [-0.2, 0) is 36.9 Å². The quantitative estimate of drug-likeness (QED) is 0.392. The number of halogens is 1. The average Bonchev–Trinajstić information content (AvgIpc) is 2.91. The van der Waals surface area contributed by atoms with Gasteiger partial charge in [0.2, 0.25) is 0 Å². The summed E-state index contributed by atoms with van der Waals surface area (Å²) in [6.07, 6.45) is -0.446. The summed E-state index contributed by atoms with van der Waals surface area (Å²) in [6.45, 7) is 3.52. The second kappa shape index (κ2) is 14.5. The molecule has 0 amide bonds. The zero-order chi connectivity index (χ0) is 25.0. The summed E-state index contributed by atoms with van der Waals surface area (Å²) in [5.74, 6) is 0.758. The topological polar surface area (TPSA) is 55.4 Å². The molecule has 1 heterocycles. The molecule has 2 bridgehead atoms. The number of benzene rings is 3. The van der Waals surface area contributed by atoms with Gasteiger partial charge in [-0.1, -0.05) is 76.6 Å². The van der Waals surface area contributed by atoms with Crippen molar-refractivity contribution in [1.82, 2.24) is 0 Å². The van der Waals surface area contributed by atoms with E-state index in [1.54, 1.807) is 7.11 Å². The van der Waals surface area contributed by atoms with E-state index < -0.39 is 0 Å². The Kier molecular flexibility index (Phi) is 10.8. The first-order valence-electron chi connectivity index (χ1n) is 12.2. The summed E-state index contributed by atoms with van der Waals surface area (Å²) < 4.78 is 37.0. The molecule has 3 aromatic rings. The van der Waals surface area contributed by atoms with E-state index >= 15 is 0 Å². The Morgan fingerprint density at radius 3 is 1.56 bits per heavy atom. The largest absolute Gasteiger partial charge is 0.496 e. The first-order chi connectivity index (χ1) is 17.7. The predicted molar refractivity (Wildman–Crippen MR) is 141 cm³/mol. The van der Waals surface area contributed by atoms with Gasteiger partial charge >= 0.3 is 0 Å². The van der Waals surface area contributed by atoms with E-state index in [-0.39, 0.29) is 12.2 Å². The van der Waals surface area contributed by atoms with E-state index in [1.807, 2.05) is 48.5 Å². The lowest BCUT2D eigenvalue weighted by Gasteiger charge is -2.22. The minimum atomic E-state index is -0.223. The highest BCUT2D eigenvalue weighted by atomic mass is 79.9. The van der Waals surface area contributed by atoms with E-state index in [9.17, 15) is 0 Å². The smallest absolute Gasteiger partial charge is 0.129 e. The van der Waals surface area contributed by atoms with Crippen molar-refractivity contribution in [2.75, 3.05) is 46.8 Å². The van der Waals surface area contributed by atoms with Crippen molar-refractivity contribution in [3.63, 3.8) is 0 Å². The molecule has 192 valence electrons. The fraction of sp³-hybridized carbons (Fsp3) is 0.379. The molecule has 1 aliphatic heterocycles. The van der Waals surface area contributed by atoms with Gasteiger partial charge in [-0.2, -0.15) is 0 Å². The van der Waals surface area contributed by atoms with E-state index in [0.717, 1.165) is 32.5 Å². The van der Waals surface area contributed by atoms with Crippen LogP contribution in [0.1, 0.15) is 34.5 Å². The molecule has 2 atom stereocenters. The Labute approximate surface area is 221 Å². The van der Waals surface area contributed by atoms with Crippen LogP contribution in [0, 0.1) is 0 Å². The molecule has 3 aromatic carbocycles. The number of hydrogen-bond acceptors (Lipinski definition) is 6. The maximum atomic E-state index is 6.37. The molecule has 0 N–H and O–H groups in total. The molecule has 1 unspecified atom stereocenters. The standard InChI is InChI=1S/C29H33BrO6/c1-31-29-24-16-26(30)17-25(29)19-36-28(23-10-6-3-7-11-23)21-34-15-13-32-12-14-33-20-27(35-18-24)22-8-4-2-5-9-22/h2-11,16-17,27-28H,12-15,18-21H2,1H3/t27-,28?/m1/s1. The maximum absolute atomic E-state index is 6.37. The molecule has 0 fully saturated rings. The van der Waals surface area contributed by atoms with Crippen LogP contribution in [0.25, 0.3) is 0 Å². The van der Waals surface area contributed by atoms with Crippen LogP contribution in [0.3, 0.4) is 0 Å². The zero-order valence-electron chi connectivity index (χ0n) is 20.6. The minimum Gasteiger partial charge on any atom is -0.496 e. The molecular formula is C29H33BrO6. The monoisotopic (exact) mass is 556 g/mol. The highest BCUT2D eigenvalue weighted by Gasteiger charge is 2.19. The van der Waals surface area contributed by atoms with Gasteiger partial charge in [0.1, 0.15) is 18.0 Å². The van der Waals surface area contributed by atoms with E-state index in [1.165, 1.54) is 0 Å². The molecule has 0 aliphatic carbocycles. The van der Waals surface area contributed by atoms with Crippen molar-refractivity contribution < 1.29 is 28.4 Å². The molecule has 1 aliphatic rings. The van der Waals surface area contributed by atoms with Gasteiger partial charge in [-0.25, -0.2) is 0 Å². The van der Waals surface area contributed by atoms with E-state index in [2.05, 4.69) is 40.2 Å². The third kappa shape index (κ3) is 7.87. The Morgan fingerprint density at radius 1 is 0.667 bits per heavy atom. The SMILES string of the molecule is COc1c2cc(Br)cc1CO[C@@H](c1ccccc1)COCCOCCOCC(c1ccccc1)OC2. The molecular weight excluding hydrogens is 524 g/mol. The fourth-order valence-corrected chi connectivity index (χ4v) is 4.66. The van der Waals surface area contributed by atoms with Crippen LogP contribution in [0.4, 0.5) is 0 Å². The molecule has 0 saturated heterocycles. The summed E-state index contributed by atoms with van der Waals surface area (Å²) >= 11 is 3.65. The highest BCUT2D eigenvalue weighted by molar-refractivity contribution is 9.10. The Hall–Kier alpha value is -2.26. The first-order valence-corrected chi connectivity index (χ1v) is 13.0. The number of ether oxygens (including phenoxy) is 6. The molecule has 6 nitrogen and oxygen atoms in total. The molecule has 0 aromatic heterocycles. The van der Waals surface area contributed by atoms with Crippen LogP contribution < -0.4 is 4.74 Å². The first kappa shape index (κ1) is 26.8. The second-order valence-corrected chi connectivity index (χ2v) is 9.36. The Bertz CT molecular complexity index is 968. The van der Waals surface area contributed by atoms with E-state index in [0.29, 0.717) is 52.9 Å². The van der Waals surface area contributed by atoms with Crippen molar-refractivity contribution in [3.8, 4) is 5.75 Å². The lowest BCUT2D eigenvalue weighted by Crippen LogP contribution is -2.18. The summed E-state index contributed by atoms with van der Waals surface area (Å²) in [5.41, 5.74) is 3.99. The number of hydrogen-bond donors (Lipinski definition) is 0. The fourth-order valence-electron chi connectivity index (χ4n) is 4.10. The Balaban J connectivity index is 1.58. The summed E-state index contributed by atoms with van der Waals surface area (Å²) in [4.78, 5) is 0. The summed E-state index contributed by atoms with van der Waals surface area (Å²) in [6, 6.07) is 24.3. The normalized spacial score (nSPS) is 20.7. The lowest BCUT2D eigenvalue weighted by atomic mass is 10.1. The van der Waals surface area contributed by atoms with Crippen molar-refractivity contribution in [3.05, 3.63) is 99.5 Å². The summed E-state index contributed by atoms with van der Waals surface area (Å²) in [7, 11) is 1.68. The number of rotatable bonds is 3. The van der Waals surface area contributed by atoms with Gasteiger partial charge in [-0.05, 0) is 23.3 Å². The van der Waals surface area contributed by atoms with Gasteiger partial charge in [0.25, 0.3) is 0 Å². The van der Waals surface area contributed by atoms with Crippen LogP contribution in [-0.4, -0.2) is 46.8 Å². The van der Waals surface area contributed by atoms with Crippen molar-refractivity contribution >= 4 is 15.9 Å². The van der Waals surface area contributed by atoms with Crippen molar-refractivity contribution in [1.29, 1.82) is 0 Å². The number of methoxy groups -OCH3 is 1. The van der Waals surface area contributed by atoms with Gasteiger partial charge in [0, 0.05) is 15.6 Å². The van der Waals surface area contributed by atoms with Gasteiger partial charge in [-0.15, -0.1) is 0 Å². The summed E-state index contributed by atoms with van der Waals surface area (Å²) in [5, 5.41) is 0. The molecule has 0 radical (unpaired) electrons. The molecule has 4 rings (SSSR count). The predicted octanol–water partition coefficient (Wildman–Crippen LogP) is 6.04.